The van der Waals surface area contributed by atoms with E-state index in [1.165, 1.54) is 25.4 Å². The lowest BCUT2D eigenvalue weighted by atomic mass is 10.1. The molecule has 0 fully saturated rings. The second-order valence-electron chi connectivity index (χ2n) is 6.17. The molecule has 0 bridgehead atoms. The first-order valence-electron chi connectivity index (χ1n) is 8.69. The quantitative estimate of drug-likeness (QED) is 0.447. The van der Waals surface area contributed by atoms with Crippen LogP contribution in [0.5, 0.6) is 5.75 Å². The predicted octanol–water partition coefficient (Wildman–Crippen LogP) is 4.24. The van der Waals surface area contributed by atoms with Crippen LogP contribution in [-0.4, -0.2) is 31.3 Å². The molecule has 0 atom stereocenters. The Bertz CT molecular complexity index is 1090. The SMILES string of the molecule is COc1ccc(C(C)=O)cc1COC(=O)CNC(=O)c1sc2ccccc2c1Cl. The van der Waals surface area contributed by atoms with Crippen LogP contribution in [0.15, 0.2) is 42.5 Å². The third kappa shape index (κ3) is 4.75. The Labute approximate surface area is 176 Å². The fraction of sp³-hybridized carbons (Fsp3) is 0.190. The van der Waals surface area contributed by atoms with Gasteiger partial charge in [-0.25, -0.2) is 0 Å². The second-order valence-corrected chi connectivity index (χ2v) is 7.60. The molecule has 6 nitrogen and oxygen atoms in total. The molecular formula is C21H18ClNO5S. The smallest absolute Gasteiger partial charge is 0.325 e. The summed E-state index contributed by atoms with van der Waals surface area (Å²) in [7, 11) is 1.49. The van der Waals surface area contributed by atoms with Gasteiger partial charge in [0.1, 0.15) is 23.8 Å². The molecule has 0 radical (unpaired) electrons. The number of thiophene rings is 1. The van der Waals surface area contributed by atoms with Crippen molar-refractivity contribution < 1.29 is 23.9 Å². The van der Waals surface area contributed by atoms with Crippen molar-refractivity contribution in [2.75, 3.05) is 13.7 Å². The summed E-state index contributed by atoms with van der Waals surface area (Å²) >= 11 is 7.53. The number of rotatable bonds is 7. The molecule has 3 rings (SSSR count). The minimum atomic E-state index is -0.620. The fourth-order valence-electron chi connectivity index (χ4n) is 2.71. The molecule has 1 heterocycles. The number of esters is 1. The van der Waals surface area contributed by atoms with E-state index in [0.29, 0.717) is 26.8 Å². The number of fused-ring (bicyclic) bond motifs is 1. The van der Waals surface area contributed by atoms with Crippen molar-refractivity contribution in [2.45, 2.75) is 13.5 Å². The van der Waals surface area contributed by atoms with Crippen LogP contribution >= 0.6 is 22.9 Å². The summed E-state index contributed by atoms with van der Waals surface area (Å²) in [6.07, 6.45) is 0. The highest BCUT2D eigenvalue weighted by Crippen LogP contribution is 2.34. The summed E-state index contributed by atoms with van der Waals surface area (Å²) in [5.74, 6) is -0.660. The van der Waals surface area contributed by atoms with Gasteiger partial charge in [-0.3, -0.25) is 14.4 Å². The average molecular weight is 432 g/mol. The van der Waals surface area contributed by atoms with Crippen molar-refractivity contribution in [1.82, 2.24) is 5.32 Å². The number of Topliss-reactive ketones (excluding diaryl/α,β-unsaturated/α-hetero) is 1. The lowest BCUT2D eigenvalue weighted by Crippen LogP contribution is -2.30. The summed E-state index contributed by atoms with van der Waals surface area (Å²) < 4.78 is 11.3. The van der Waals surface area contributed by atoms with E-state index in [9.17, 15) is 14.4 Å². The molecule has 8 heteroatoms. The third-order valence-electron chi connectivity index (χ3n) is 4.21. The van der Waals surface area contributed by atoms with Crippen LogP contribution in [0.3, 0.4) is 0 Å². The Hall–Kier alpha value is -2.90. The zero-order valence-electron chi connectivity index (χ0n) is 15.8. The maximum absolute atomic E-state index is 12.4. The Balaban J connectivity index is 1.60. The number of ether oxygens (including phenoxy) is 2. The van der Waals surface area contributed by atoms with Gasteiger partial charge in [0.15, 0.2) is 5.78 Å². The van der Waals surface area contributed by atoms with Crippen LogP contribution in [0.1, 0.15) is 32.5 Å². The zero-order chi connectivity index (χ0) is 21.0. The molecular weight excluding hydrogens is 414 g/mol. The van der Waals surface area contributed by atoms with Gasteiger partial charge in [0, 0.05) is 21.2 Å². The van der Waals surface area contributed by atoms with Gasteiger partial charge in [0.25, 0.3) is 5.91 Å². The maximum atomic E-state index is 12.4. The number of benzene rings is 2. The van der Waals surface area contributed by atoms with Crippen molar-refractivity contribution in [3.05, 3.63) is 63.5 Å². The number of carbonyl (C=O) groups excluding carboxylic acids is 3. The maximum Gasteiger partial charge on any atom is 0.325 e. The summed E-state index contributed by atoms with van der Waals surface area (Å²) in [6.45, 7) is 1.06. The van der Waals surface area contributed by atoms with Crippen molar-refractivity contribution >= 4 is 50.7 Å². The van der Waals surface area contributed by atoms with E-state index in [1.54, 1.807) is 18.2 Å². The van der Waals surface area contributed by atoms with Crippen LogP contribution in [0.25, 0.3) is 10.1 Å². The lowest BCUT2D eigenvalue weighted by Gasteiger charge is -2.11. The summed E-state index contributed by atoms with van der Waals surface area (Å²) in [5.41, 5.74) is 1.05. The van der Waals surface area contributed by atoms with Crippen LogP contribution in [-0.2, 0) is 16.1 Å². The van der Waals surface area contributed by atoms with E-state index in [2.05, 4.69) is 5.32 Å². The Morgan fingerprint density at radius 1 is 1.14 bits per heavy atom. The first-order valence-corrected chi connectivity index (χ1v) is 9.89. The molecule has 1 amide bonds. The average Bonchev–Trinajstić information content (AvgIpc) is 3.07. The molecule has 0 aliphatic heterocycles. The lowest BCUT2D eigenvalue weighted by molar-refractivity contribution is -0.143. The number of ketones is 1. The van der Waals surface area contributed by atoms with Crippen LogP contribution < -0.4 is 10.1 Å². The van der Waals surface area contributed by atoms with E-state index in [0.717, 1.165) is 10.1 Å². The van der Waals surface area contributed by atoms with E-state index in [-0.39, 0.29) is 18.9 Å². The second kappa shape index (κ2) is 9.07. The molecule has 0 spiro atoms. The third-order valence-corrected chi connectivity index (χ3v) is 5.88. The number of carbonyl (C=O) groups is 3. The van der Waals surface area contributed by atoms with Gasteiger partial charge in [-0.15, -0.1) is 11.3 Å². The molecule has 3 aromatic rings. The number of hydrogen-bond acceptors (Lipinski definition) is 6. The Morgan fingerprint density at radius 2 is 1.90 bits per heavy atom. The van der Waals surface area contributed by atoms with Gasteiger partial charge >= 0.3 is 5.97 Å². The molecule has 150 valence electrons. The minimum absolute atomic E-state index is 0.0807. The van der Waals surface area contributed by atoms with E-state index in [1.807, 2.05) is 24.3 Å². The number of methoxy groups -OCH3 is 1. The fourth-order valence-corrected chi connectivity index (χ4v) is 4.15. The number of halogens is 1. The van der Waals surface area contributed by atoms with Crippen molar-refractivity contribution in [3.63, 3.8) is 0 Å². The molecule has 29 heavy (non-hydrogen) atoms. The molecule has 0 saturated heterocycles. The number of nitrogens with one attached hydrogen (secondary N) is 1. The summed E-state index contributed by atoms with van der Waals surface area (Å²) in [6, 6.07) is 12.3. The molecule has 0 saturated carbocycles. The van der Waals surface area contributed by atoms with Crippen molar-refractivity contribution in [1.29, 1.82) is 0 Å². The number of amides is 1. The van der Waals surface area contributed by atoms with E-state index in [4.69, 9.17) is 21.1 Å². The topological polar surface area (TPSA) is 81.7 Å². The highest BCUT2D eigenvalue weighted by Gasteiger charge is 2.18. The molecule has 1 N–H and O–H groups in total. The van der Waals surface area contributed by atoms with Crippen LogP contribution in [0.4, 0.5) is 0 Å². The van der Waals surface area contributed by atoms with Crippen LogP contribution in [0.2, 0.25) is 5.02 Å². The highest BCUT2D eigenvalue weighted by molar-refractivity contribution is 7.21. The van der Waals surface area contributed by atoms with Gasteiger partial charge in [-0.05, 0) is 31.2 Å². The minimum Gasteiger partial charge on any atom is -0.496 e. The first-order chi connectivity index (χ1) is 13.9. The van der Waals surface area contributed by atoms with Gasteiger partial charge in [0.2, 0.25) is 0 Å². The van der Waals surface area contributed by atoms with Crippen molar-refractivity contribution in [2.24, 2.45) is 0 Å². The van der Waals surface area contributed by atoms with Crippen LogP contribution in [0, 0.1) is 0 Å². The van der Waals surface area contributed by atoms with E-state index < -0.39 is 11.9 Å². The van der Waals surface area contributed by atoms with Gasteiger partial charge < -0.3 is 14.8 Å². The zero-order valence-corrected chi connectivity index (χ0v) is 17.4. The Morgan fingerprint density at radius 3 is 2.59 bits per heavy atom. The number of hydrogen-bond donors (Lipinski definition) is 1. The van der Waals surface area contributed by atoms with Crippen molar-refractivity contribution in [3.8, 4) is 5.75 Å². The predicted molar refractivity (Wildman–Crippen MR) is 112 cm³/mol. The van der Waals surface area contributed by atoms with Gasteiger partial charge in [-0.2, -0.15) is 0 Å². The molecule has 0 aliphatic rings. The van der Waals surface area contributed by atoms with Gasteiger partial charge in [-0.1, -0.05) is 29.8 Å². The molecule has 2 aromatic carbocycles. The highest BCUT2D eigenvalue weighted by atomic mass is 35.5. The normalized spacial score (nSPS) is 10.6. The molecule has 0 aliphatic carbocycles. The standard InChI is InChI=1S/C21H18ClNO5S/c1-12(24)13-7-8-16(27-2)14(9-13)11-28-18(25)10-23-21(26)20-19(22)15-5-3-4-6-17(15)29-20/h3-9H,10-11H2,1-2H3,(H,23,26). The monoisotopic (exact) mass is 431 g/mol. The summed E-state index contributed by atoms with van der Waals surface area (Å²) in [5, 5.41) is 3.68. The van der Waals surface area contributed by atoms with E-state index >= 15 is 0 Å². The van der Waals surface area contributed by atoms with Gasteiger partial charge in [0.05, 0.1) is 12.1 Å². The largest absolute Gasteiger partial charge is 0.496 e. The first kappa shape index (κ1) is 20.8. The summed E-state index contributed by atoms with van der Waals surface area (Å²) in [4.78, 5) is 36.3. The molecule has 0 unspecified atom stereocenters. The Kier molecular flexibility index (Phi) is 6.51. The molecule has 1 aromatic heterocycles.